The highest BCUT2D eigenvalue weighted by Gasteiger charge is 2.55. The fourth-order valence-corrected chi connectivity index (χ4v) is 4.68. The first-order valence-corrected chi connectivity index (χ1v) is 9.51. The van der Waals surface area contributed by atoms with Crippen LogP contribution in [0.1, 0.15) is 26.5 Å². The second kappa shape index (κ2) is 7.11. The van der Waals surface area contributed by atoms with Crippen LogP contribution in [0, 0.1) is 18.3 Å². The molecule has 2 aliphatic heterocycles. The summed E-state index contributed by atoms with van der Waals surface area (Å²) in [5.74, 6) is -0.358. The average Bonchev–Trinajstić information content (AvgIpc) is 3.32. The molecule has 0 spiro atoms. The number of aromatic amines is 1. The van der Waals surface area contributed by atoms with Gasteiger partial charge in [0.1, 0.15) is 11.3 Å². The first-order valence-electron chi connectivity index (χ1n) is 9.51. The number of pyridine rings is 1. The Morgan fingerprint density at radius 1 is 1.24 bits per heavy atom. The van der Waals surface area contributed by atoms with Crippen LogP contribution < -0.4 is 5.56 Å². The van der Waals surface area contributed by atoms with Crippen molar-refractivity contribution in [2.45, 2.75) is 6.92 Å². The number of rotatable bonds is 4. The molecule has 10 heteroatoms. The van der Waals surface area contributed by atoms with Gasteiger partial charge in [-0.25, -0.2) is 4.63 Å². The number of carbonyl (C=O) groups is 2. The molecule has 0 aromatic carbocycles. The van der Waals surface area contributed by atoms with Crippen LogP contribution in [0.5, 0.6) is 0 Å². The number of amides is 2. The molecule has 154 valence electrons. The van der Waals surface area contributed by atoms with Gasteiger partial charge in [-0.2, -0.15) is 0 Å². The molecule has 2 saturated heterocycles. The highest BCUT2D eigenvalue weighted by molar-refractivity contribution is 5.95. The molecule has 2 aromatic heterocycles. The smallest absolute Gasteiger partial charge is 0.278 e. The van der Waals surface area contributed by atoms with Crippen LogP contribution in [0.2, 0.25) is 0 Å². The van der Waals surface area contributed by atoms with Crippen LogP contribution in [-0.4, -0.2) is 88.6 Å². The summed E-state index contributed by atoms with van der Waals surface area (Å²) in [6.07, 6.45) is 1.51. The topological polar surface area (TPSA) is 116 Å². The van der Waals surface area contributed by atoms with Crippen LogP contribution in [0.25, 0.3) is 0 Å². The number of nitrogens with zero attached hydrogens (tertiary/aromatic N) is 5. The summed E-state index contributed by atoms with van der Waals surface area (Å²) in [6.45, 7) is 4.44. The standard InChI is InChI=1S/C19H24N6O4/c1-12-15(22-29-21-12)18(28)25-8-13-7-24(10-19(13,11-25)9-23(2)3)17(27)14-5-4-6-20-16(14)26/h4-6,13H,7-11H2,1-3H3,(H,20,26). The number of aryl methyl sites for hydroxylation is 1. The summed E-state index contributed by atoms with van der Waals surface area (Å²) in [6, 6.07) is 3.19. The Hall–Kier alpha value is -3.01. The molecule has 10 nitrogen and oxygen atoms in total. The lowest BCUT2D eigenvalue weighted by Gasteiger charge is -2.32. The van der Waals surface area contributed by atoms with E-state index in [-0.39, 0.29) is 40.0 Å². The van der Waals surface area contributed by atoms with Crippen molar-refractivity contribution in [2.24, 2.45) is 11.3 Å². The molecular formula is C19H24N6O4. The predicted octanol–water partition coefficient (Wildman–Crippen LogP) is -0.158. The number of fused-ring (bicyclic) bond motifs is 1. The number of aromatic nitrogens is 3. The van der Waals surface area contributed by atoms with Gasteiger partial charge in [-0.15, -0.1) is 0 Å². The van der Waals surface area contributed by atoms with Gasteiger partial charge in [0.25, 0.3) is 17.4 Å². The molecule has 4 rings (SSSR count). The van der Waals surface area contributed by atoms with Crippen LogP contribution in [0.15, 0.2) is 27.8 Å². The summed E-state index contributed by atoms with van der Waals surface area (Å²) in [5.41, 5.74) is 0.191. The van der Waals surface area contributed by atoms with E-state index >= 15 is 0 Å². The second-order valence-corrected chi connectivity index (χ2v) is 8.28. The number of likely N-dealkylation sites (tertiary alicyclic amines) is 2. The second-order valence-electron chi connectivity index (χ2n) is 8.28. The molecule has 0 bridgehead atoms. The lowest BCUT2D eigenvalue weighted by molar-refractivity contribution is 0.0694. The SMILES string of the molecule is Cc1nonc1C(=O)N1CC2CN(C(=O)c3ccc[nH]c3=O)CC2(CN(C)C)C1. The molecule has 0 radical (unpaired) electrons. The molecule has 1 N–H and O–H groups in total. The monoisotopic (exact) mass is 400 g/mol. The predicted molar refractivity (Wildman–Crippen MR) is 102 cm³/mol. The van der Waals surface area contributed by atoms with Crippen molar-refractivity contribution in [1.82, 2.24) is 30.0 Å². The minimum atomic E-state index is -0.387. The van der Waals surface area contributed by atoms with Gasteiger partial charge >= 0.3 is 0 Å². The largest absolute Gasteiger partial charge is 0.337 e. The third-order valence-corrected chi connectivity index (χ3v) is 5.87. The Morgan fingerprint density at radius 3 is 2.52 bits per heavy atom. The van der Waals surface area contributed by atoms with E-state index in [0.717, 1.165) is 6.54 Å². The van der Waals surface area contributed by atoms with Crippen molar-refractivity contribution in [3.63, 3.8) is 0 Å². The molecule has 2 aliphatic rings. The zero-order chi connectivity index (χ0) is 20.8. The summed E-state index contributed by atoms with van der Waals surface area (Å²) < 4.78 is 4.68. The van der Waals surface area contributed by atoms with E-state index in [1.807, 2.05) is 14.1 Å². The molecule has 2 atom stereocenters. The van der Waals surface area contributed by atoms with Crippen molar-refractivity contribution >= 4 is 11.8 Å². The lowest BCUT2D eigenvalue weighted by atomic mass is 9.80. The van der Waals surface area contributed by atoms with Gasteiger partial charge in [0.2, 0.25) is 0 Å². The number of nitrogens with one attached hydrogen (secondary N) is 1. The fraction of sp³-hybridized carbons (Fsp3) is 0.526. The minimum absolute atomic E-state index is 0.112. The van der Waals surface area contributed by atoms with E-state index in [9.17, 15) is 14.4 Å². The van der Waals surface area contributed by atoms with Gasteiger partial charge in [-0.1, -0.05) is 5.16 Å². The molecular weight excluding hydrogens is 376 g/mol. The molecule has 0 aliphatic carbocycles. The van der Waals surface area contributed by atoms with E-state index in [4.69, 9.17) is 0 Å². The Bertz CT molecular complexity index is 998. The molecule has 29 heavy (non-hydrogen) atoms. The molecule has 4 heterocycles. The summed E-state index contributed by atoms with van der Waals surface area (Å²) in [7, 11) is 3.96. The number of hydrogen-bond donors (Lipinski definition) is 1. The van der Waals surface area contributed by atoms with Gasteiger partial charge in [0.15, 0.2) is 5.69 Å². The van der Waals surface area contributed by atoms with E-state index in [0.29, 0.717) is 31.9 Å². The van der Waals surface area contributed by atoms with Gasteiger partial charge in [-0.3, -0.25) is 14.4 Å². The number of H-pyrrole nitrogens is 1. The van der Waals surface area contributed by atoms with Crippen LogP contribution in [-0.2, 0) is 0 Å². The van der Waals surface area contributed by atoms with E-state index in [1.165, 1.54) is 6.20 Å². The zero-order valence-corrected chi connectivity index (χ0v) is 16.7. The Kier molecular flexibility index (Phi) is 4.73. The van der Waals surface area contributed by atoms with Crippen molar-refractivity contribution in [3.05, 3.63) is 45.6 Å². The van der Waals surface area contributed by atoms with Crippen molar-refractivity contribution in [2.75, 3.05) is 46.8 Å². The Balaban J connectivity index is 1.57. The summed E-state index contributed by atoms with van der Waals surface area (Å²) >= 11 is 0. The fourth-order valence-electron chi connectivity index (χ4n) is 4.68. The van der Waals surface area contributed by atoms with E-state index < -0.39 is 0 Å². The first-order chi connectivity index (χ1) is 13.8. The maximum Gasteiger partial charge on any atom is 0.278 e. The van der Waals surface area contributed by atoms with Gasteiger partial charge in [-0.05, 0) is 38.3 Å². The molecule has 2 amide bonds. The molecule has 2 aromatic rings. The normalized spacial score (nSPS) is 23.7. The van der Waals surface area contributed by atoms with Gasteiger partial charge < -0.3 is 19.7 Å². The highest BCUT2D eigenvalue weighted by atomic mass is 16.6. The third kappa shape index (κ3) is 3.33. The van der Waals surface area contributed by atoms with E-state index in [1.54, 1.807) is 28.9 Å². The minimum Gasteiger partial charge on any atom is -0.337 e. The van der Waals surface area contributed by atoms with Crippen LogP contribution in [0.4, 0.5) is 0 Å². The molecule has 2 fully saturated rings. The zero-order valence-electron chi connectivity index (χ0n) is 16.7. The van der Waals surface area contributed by atoms with Crippen molar-refractivity contribution in [3.8, 4) is 0 Å². The average molecular weight is 400 g/mol. The first kappa shape index (κ1) is 19.3. The Labute approximate surface area is 167 Å². The van der Waals surface area contributed by atoms with Crippen molar-refractivity contribution < 1.29 is 14.2 Å². The summed E-state index contributed by atoms with van der Waals surface area (Å²) in [4.78, 5) is 46.0. The Morgan fingerprint density at radius 2 is 1.93 bits per heavy atom. The van der Waals surface area contributed by atoms with Crippen LogP contribution in [0.3, 0.4) is 0 Å². The maximum absolute atomic E-state index is 13.0. The number of hydrogen-bond acceptors (Lipinski definition) is 7. The van der Waals surface area contributed by atoms with Gasteiger partial charge in [0, 0.05) is 50.3 Å². The highest BCUT2D eigenvalue weighted by Crippen LogP contribution is 2.43. The maximum atomic E-state index is 13.0. The molecule has 2 unspecified atom stereocenters. The lowest BCUT2D eigenvalue weighted by Crippen LogP contribution is -2.44. The van der Waals surface area contributed by atoms with E-state index in [2.05, 4.69) is 24.8 Å². The molecule has 0 saturated carbocycles. The van der Waals surface area contributed by atoms with Gasteiger partial charge in [0.05, 0.1) is 0 Å². The third-order valence-electron chi connectivity index (χ3n) is 5.87. The number of carbonyl (C=O) groups excluding carboxylic acids is 2. The van der Waals surface area contributed by atoms with Crippen molar-refractivity contribution in [1.29, 1.82) is 0 Å². The quantitative estimate of drug-likeness (QED) is 0.758. The summed E-state index contributed by atoms with van der Waals surface area (Å²) in [5, 5.41) is 7.44. The van der Waals surface area contributed by atoms with Crippen LogP contribution >= 0.6 is 0 Å².